The second-order valence-corrected chi connectivity index (χ2v) is 8.77. The number of ether oxygens (including phenoxy) is 1. The molecule has 1 atom stereocenters. The van der Waals surface area contributed by atoms with Gasteiger partial charge in [0.1, 0.15) is 0 Å². The van der Waals surface area contributed by atoms with E-state index in [9.17, 15) is 5.11 Å². The van der Waals surface area contributed by atoms with Crippen LogP contribution in [0.25, 0.3) is 22.2 Å². The van der Waals surface area contributed by atoms with E-state index in [1.54, 1.807) is 0 Å². The lowest BCUT2D eigenvalue weighted by atomic mass is 9.99. The Bertz CT molecular complexity index is 1060. The molecule has 1 aliphatic heterocycles. The monoisotopic (exact) mass is 402 g/mol. The van der Waals surface area contributed by atoms with E-state index in [-0.39, 0.29) is 12.7 Å². The Hall–Kier alpha value is -2.27. The Morgan fingerprint density at radius 2 is 2.00 bits per heavy atom. The fraction of sp³-hybridized carbons (Fsp3) is 0.423. The van der Waals surface area contributed by atoms with Gasteiger partial charge in [-0.15, -0.1) is 0 Å². The van der Waals surface area contributed by atoms with Gasteiger partial charge in [-0.25, -0.2) is 4.98 Å². The van der Waals surface area contributed by atoms with Crippen LogP contribution in [-0.2, 0) is 24.1 Å². The standard InChI is InChI=1S/C26H30N2O2/c1-18-4-2-7-21(12-18)26-23(16-28-9-11-30-24(17-28)8-10-29)14-22-13-19-5-3-6-20(19)15-25(22)27-26/h2,4,7,12-15,24,29H,3,5-6,8-11,16-17H2,1H3/t24-/m1/s1. The highest BCUT2D eigenvalue weighted by Gasteiger charge is 2.22. The number of aromatic nitrogens is 1. The smallest absolute Gasteiger partial charge is 0.0754 e. The zero-order valence-corrected chi connectivity index (χ0v) is 17.7. The van der Waals surface area contributed by atoms with Crippen LogP contribution in [0.2, 0.25) is 0 Å². The quantitative estimate of drug-likeness (QED) is 0.692. The summed E-state index contributed by atoms with van der Waals surface area (Å²) in [7, 11) is 0. The van der Waals surface area contributed by atoms with Gasteiger partial charge < -0.3 is 9.84 Å². The molecule has 1 aliphatic carbocycles. The van der Waals surface area contributed by atoms with Gasteiger partial charge in [-0.3, -0.25) is 4.90 Å². The molecular formula is C26H30N2O2. The molecule has 0 amide bonds. The first kappa shape index (κ1) is 19.7. The molecule has 2 aromatic carbocycles. The number of aliphatic hydroxyl groups is 1. The van der Waals surface area contributed by atoms with Crippen molar-refractivity contribution in [2.24, 2.45) is 0 Å². The van der Waals surface area contributed by atoms with Crippen LogP contribution in [0.1, 0.15) is 35.1 Å². The van der Waals surface area contributed by atoms with Crippen LogP contribution in [0, 0.1) is 6.92 Å². The number of benzene rings is 2. The van der Waals surface area contributed by atoms with Gasteiger partial charge >= 0.3 is 0 Å². The predicted octanol–water partition coefficient (Wildman–Crippen LogP) is 4.28. The van der Waals surface area contributed by atoms with E-state index in [4.69, 9.17) is 9.72 Å². The molecule has 30 heavy (non-hydrogen) atoms. The number of pyridine rings is 1. The summed E-state index contributed by atoms with van der Waals surface area (Å²) < 4.78 is 5.82. The molecule has 156 valence electrons. The minimum absolute atomic E-state index is 0.114. The molecule has 5 rings (SSSR count). The largest absolute Gasteiger partial charge is 0.396 e. The summed E-state index contributed by atoms with van der Waals surface area (Å²) >= 11 is 0. The Kier molecular flexibility index (Phi) is 5.55. The average molecular weight is 403 g/mol. The van der Waals surface area contributed by atoms with E-state index in [0.29, 0.717) is 6.42 Å². The molecule has 2 heterocycles. The first-order valence-electron chi connectivity index (χ1n) is 11.2. The first-order valence-corrected chi connectivity index (χ1v) is 11.2. The molecule has 1 saturated heterocycles. The van der Waals surface area contributed by atoms with Gasteiger partial charge in [0.2, 0.25) is 0 Å². The molecule has 4 nitrogen and oxygen atoms in total. The normalized spacial score (nSPS) is 19.3. The lowest BCUT2D eigenvalue weighted by Crippen LogP contribution is -2.42. The number of hydrogen-bond donors (Lipinski definition) is 1. The van der Waals surface area contributed by atoms with Crippen molar-refractivity contribution in [3.05, 3.63) is 64.7 Å². The van der Waals surface area contributed by atoms with E-state index in [1.165, 1.54) is 52.5 Å². The fourth-order valence-electron chi connectivity index (χ4n) is 4.94. The predicted molar refractivity (Wildman–Crippen MR) is 121 cm³/mol. The summed E-state index contributed by atoms with van der Waals surface area (Å²) in [5.74, 6) is 0. The molecule has 0 unspecified atom stereocenters. The maximum absolute atomic E-state index is 9.30. The van der Waals surface area contributed by atoms with Crippen LogP contribution < -0.4 is 0 Å². The molecule has 4 heteroatoms. The van der Waals surface area contributed by atoms with Gasteiger partial charge in [-0.05, 0) is 73.6 Å². The Balaban J connectivity index is 1.56. The molecule has 0 spiro atoms. The van der Waals surface area contributed by atoms with Gasteiger partial charge in [0.25, 0.3) is 0 Å². The van der Waals surface area contributed by atoms with E-state index < -0.39 is 0 Å². The third kappa shape index (κ3) is 4.00. The average Bonchev–Trinajstić information content (AvgIpc) is 3.19. The Morgan fingerprint density at radius 1 is 1.13 bits per heavy atom. The van der Waals surface area contributed by atoms with E-state index in [0.717, 1.165) is 37.5 Å². The van der Waals surface area contributed by atoms with Crippen LogP contribution in [0.4, 0.5) is 0 Å². The third-order valence-corrected chi connectivity index (χ3v) is 6.47. The third-order valence-electron chi connectivity index (χ3n) is 6.47. The van der Waals surface area contributed by atoms with Crippen LogP contribution in [0.3, 0.4) is 0 Å². The molecular weight excluding hydrogens is 372 g/mol. The topological polar surface area (TPSA) is 45.6 Å². The number of fused-ring (bicyclic) bond motifs is 2. The van der Waals surface area contributed by atoms with Gasteiger partial charge in [0.15, 0.2) is 0 Å². The number of aryl methyl sites for hydroxylation is 3. The first-order chi connectivity index (χ1) is 14.7. The zero-order valence-electron chi connectivity index (χ0n) is 17.7. The molecule has 0 saturated carbocycles. The number of rotatable bonds is 5. The van der Waals surface area contributed by atoms with Crippen molar-refractivity contribution in [2.75, 3.05) is 26.3 Å². The molecule has 3 aromatic rings. The minimum Gasteiger partial charge on any atom is -0.396 e. The highest BCUT2D eigenvalue weighted by atomic mass is 16.5. The number of morpholine rings is 1. The number of hydrogen-bond acceptors (Lipinski definition) is 4. The highest BCUT2D eigenvalue weighted by molar-refractivity contribution is 5.85. The molecule has 1 N–H and O–H groups in total. The van der Waals surface area contributed by atoms with Crippen LogP contribution in [0.5, 0.6) is 0 Å². The molecule has 2 aliphatic rings. The van der Waals surface area contributed by atoms with Gasteiger partial charge in [0.05, 0.1) is 23.9 Å². The maximum Gasteiger partial charge on any atom is 0.0754 e. The van der Waals surface area contributed by atoms with E-state index >= 15 is 0 Å². The maximum atomic E-state index is 9.30. The van der Waals surface area contributed by atoms with Gasteiger partial charge in [0, 0.05) is 37.2 Å². The van der Waals surface area contributed by atoms with Gasteiger partial charge in [-0.2, -0.15) is 0 Å². The molecule has 0 radical (unpaired) electrons. The van der Waals surface area contributed by atoms with E-state index in [1.807, 2.05) is 0 Å². The molecule has 1 aromatic heterocycles. The Morgan fingerprint density at radius 3 is 2.83 bits per heavy atom. The van der Waals surface area contributed by atoms with Gasteiger partial charge in [-0.1, -0.05) is 23.8 Å². The van der Waals surface area contributed by atoms with Crippen molar-refractivity contribution in [1.82, 2.24) is 9.88 Å². The summed E-state index contributed by atoms with van der Waals surface area (Å²) in [6.45, 7) is 5.66. The van der Waals surface area contributed by atoms with Crippen molar-refractivity contribution in [3.8, 4) is 11.3 Å². The second kappa shape index (κ2) is 8.46. The van der Waals surface area contributed by atoms with E-state index in [2.05, 4.69) is 54.3 Å². The summed E-state index contributed by atoms with van der Waals surface area (Å²) in [4.78, 5) is 7.63. The molecule has 1 fully saturated rings. The number of nitrogens with zero attached hydrogens (tertiary/aromatic N) is 2. The summed E-state index contributed by atoms with van der Waals surface area (Å²) in [6.07, 6.45) is 4.43. The SMILES string of the molecule is Cc1cccc(-c2nc3cc4c(cc3cc2CN2CCO[C@H](CCO)C2)CCC4)c1. The van der Waals surface area contributed by atoms with Crippen LogP contribution in [0.15, 0.2) is 42.5 Å². The zero-order chi connectivity index (χ0) is 20.5. The van der Waals surface area contributed by atoms with Crippen molar-refractivity contribution in [1.29, 1.82) is 0 Å². The van der Waals surface area contributed by atoms with Crippen LogP contribution >= 0.6 is 0 Å². The lowest BCUT2D eigenvalue weighted by molar-refractivity contribution is -0.0406. The summed E-state index contributed by atoms with van der Waals surface area (Å²) in [6, 6.07) is 15.7. The van der Waals surface area contributed by atoms with Crippen LogP contribution in [-0.4, -0.2) is 47.4 Å². The fourth-order valence-corrected chi connectivity index (χ4v) is 4.94. The highest BCUT2D eigenvalue weighted by Crippen LogP contribution is 2.32. The summed E-state index contributed by atoms with van der Waals surface area (Å²) in [5, 5.41) is 10.6. The Labute approximate surface area is 178 Å². The van der Waals surface area contributed by atoms with Crippen molar-refractivity contribution in [2.45, 2.75) is 45.3 Å². The minimum atomic E-state index is 0.114. The van der Waals surface area contributed by atoms with Crippen molar-refractivity contribution >= 4 is 10.9 Å². The molecule has 0 bridgehead atoms. The summed E-state index contributed by atoms with van der Waals surface area (Å²) in [5.41, 5.74) is 8.88. The second-order valence-electron chi connectivity index (χ2n) is 8.77. The van der Waals surface area contributed by atoms with Crippen molar-refractivity contribution in [3.63, 3.8) is 0 Å². The number of aliphatic hydroxyl groups excluding tert-OH is 1. The van der Waals surface area contributed by atoms with Crippen molar-refractivity contribution < 1.29 is 9.84 Å². The lowest BCUT2D eigenvalue weighted by Gasteiger charge is -2.33.